The van der Waals surface area contributed by atoms with Gasteiger partial charge in [-0.25, -0.2) is 4.79 Å². The Morgan fingerprint density at radius 3 is 2.52 bits per heavy atom. The highest BCUT2D eigenvalue weighted by molar-refractivity contribution is 5.86. The number of carbonyl (C=O) groups excluding carboxylic acids is 2. The van der Waals surface area contributed by atoms with E-state index in [9.17, 15) is 9.59 Å². The molecular weight excluding hydrogens is 370 g/mol. The third-order valence-corrected chi connectivity index (χ3v) is 5.95. The maximum atomic E-state index is 12.8. The molecule has 0 spiro atoms. The number of carbonyl (C=O) groups is 2. The fourth-order valence-corrected chi connectivity index (χ4v) is 4.22. The molecular formula is C21H33N5O3. The zero-order valence-corrected chi connectivity index (χ0v) is 17.7. The van der Waals surface area contributed by atoms with E-state index in [2.05, 4.69) is 26.5 Å². The maximum Gasteiger partial charge on any atom is 0.410 e. The van der Waals surface area contributed by atoms with Crippen LogP contribution >= 0.6 is 0 Å². The highest BCUT2D eigenvalue weighted by Gasteiger charge is 2.37. The SMILES string of the molecule is CC(C)(C)OC(=O)N1CCC[C@H]1C(=O)NC1CCN(c2cc(C3CC3)[nH]n2)CC1. The summed E-state index contributed by atoms with van der Waals surface area (Å²) in [6, 6.07) is 1.89. The Balaban J connectivity index is 1.27. The van der Waals surface area contributed by atoms with Crippen LogP contribution in [-0.2, 0) is 9.53 Å². The number of likely N-dealkylation sites (tertiary alicyclic amines) is 1. The second-order valence-corrected chi connectivity index (χ2v) is 9.56. The first-order valence-corrected chi connectivity index (χ1v) is 10.9. The normalized spacial score (nSPS) is 23.3. The van der Waals surface area contributed by atoms with Crippen LogP contribution in [0.1, 0.15) is 70.9 Å². The summed E-state index contributed by atoms with van der Waals surface area (Å²) in [5, 5.41) is 10.8. The fraction of sp³-hybridized carbons (Fsp3) is 0.762. The molecule has 1 aromatic rings. The molecule has 0 radical (unpaired) electrons. The lowest BCUT2D eigenvalue weighted by Gasteiger charge is -2.34. The Bertz CT molecular complexity index is 744. The van der Waals surface area contributed by atoms with Crippen molar-refractivity contribution in [1.82, 2.24) is 20.4 Å². The molecule has 8 nitrogen and oxygen atoms in total. The van der Waals surface area contributed by atoms with E-state index < -0.39 is 17.7 Å². The lowest BCUT2D eigenvalue weighted by Crippen LogP contribution is -2.52. The summed E-state index contributed by atoms with van der Waals surface area (Å²) < 4.78 is 5.47. The van der Waals surface area contributed by atoms with E-state index in [1.165, 1.54) is 18.5 Å². The van der Waals surface area contributed by atoms with E-state index in [0.29, 0.717) is 18.9 Å². The molecule has 2 N–H and O–H groups in total. The fourth-order valence-electron chi connectivity index (χ4n) is 4.22. The first kappa shape index (κ1) is 20.0. The first-order valence-electron chi connectivity index (χ1n) is 10.9. The summed E-state index contributed by atoms with van der Waals surface area (Å²) in [6.07, 6.45) is 5.43. The van der Waals surface area contributed by atoms with Gasteiger partial charge in [-0.15, -0.1) is 0 Å². The summed E-state index contributed by atoms with van der Waals surface area (Å²) in [5.74, 6) is 1.64. The van der Waals surface area contributed by atoms with Gasteiger partial charge in [-0.2, -0.15) is 5.10 Å². The Morgan fingerprint density at radius 1 is 1.14 bits per heavy atom. The average Bonchev–Trinajstić information content (AvgIpc) is 3.19. The van der Waals surface area contributed by atoms with Crippen LogP contribution in [0.25, 0.3) is 0 Å². The molecule has 1 aromatic heterocycles. The number of amides is 2. The summed E-state index contributed by atoms with van der Waals surface area (Å²) in [6.45, 7) is 7.86. The molecule has 2 saturated heterocycles. The van der Waals surface area contributed by atoms with Gasteiger partial charge in [0.25, 0.3) is 0 Å². The van der Waals surface area contributed by atoms with Gasteiger partial charge in [0.1, 0.15) is 11.6 Å². The second-order valence-electron chi connectivity index (χ2n) is 9.56. The van der Waals surface area contributed by atoms with Gasteiger partial charge < -0.3 is 15.0 Å². The molecule has 3 aliphatic rings. The van der Waals surface area contributed by atoms with E-state index >= 15 is 0 Å². The molecule has 1 atom stereocenters. The van der Waals surface area contributed by atoms with Crippen molar-refractivity contribution in [2.75, 3.05) is 24.5 Å². The van der Waals surface area contributed by atoms with E-state index in [0.717, 1.165) is 38.2 Å². The van der Waals surface area contributed by atoms with Gasteiger partial charge in [0.15, 0.2) is 5.82 Å². The van der Waals surface area contributed by atoms with Crippen LogP contribution in [0, 0.1) is 0 Å². The summed E-state index contributed by atoms with van der Waals surface area (Å²) in [7, 11) is 0. The maximum absolute atomic E-state index is 12.8. The van der Waals surface area contributed by atoms with Crippen molar-refractivity contribution in [3.05, 3.63) is 11.8 Å². The number of aromatic amines is 1. The molecule has 2 amide bonds. The minimum atomic E-state index is -0.556. The molecule has 2 aliphatic heterocycles. The zero-order chi connectivity index (χ0) is 20.6. The molecule has 0 bridgehead atoms. The van der Waals surface area contributed by atoms with Crippen LogP contribution in [-0.4, -0.2) is 64.4 Å². The van der Waals surface area contributed by atoms with Crippen LogP contribution < -0.4 is 10.2 Å². The summed E-state index contributed by atoms with van der Waals surface area (Å²) in [5.41, 5.74) is 0.693. The highest BCUT2D eigenvalue weighted by atomic mass is 16.6. The molecule has 4 rings (SSSR count). The number of ether oxygens (including phenoxy) is 1. The third-order valence-electron chi connectivity index (χ3n) is 5.95. The summed E-state index contributed by atoms with van der Waals surface area (Å²) in [4.78, 5) is 29.1. The number of anilines is 1. The first-order chi connectivity index (χ1) is 13.8. The molecule has 0 aromatic carbocycles. The quantitative estimate of drug-likeness (QED) is 0.807. The van der Waals surface area contributed by atoms with Crippen LogP contribution in [0.3, 0.4) is 0 Å². The third kappa shape index (κ3) is 4.85. The van der Waals surface area contributed by atoms with Crippen molar-refractivity contribution < 1.29 is 14.3 Å². The highest BCUT2D eigenvalue weighted by Crippen LogP contribution is 2.40. The minimum absolute atomic E-state index is 0.0531. The number of hydrogen-bond acceptors (Lipinski definition) is 5. The Hall–Kier alpha value is -2.25. The molecule has 3 heterocycles. The van der Waals surface area contributed by atoms with Crippen molar-refractivity contribution in [3.8, 4) is 0 Å². The van der Waals surface area contributed by atoms with Gasteiger partial charge >= 0.3 is 6.09 Å². The standard InChI is InChI=1S/C21H33N5O3/c1-21(2,3)29-20(28)26-10-4-5-17(26)19(27)22-15-8-11-25(12-9-15)18-13-16(23-24-18)14-6-7-14/h13-15,17H,4-12H2,1-3H3,(H,22,27)(H,23,24)/t17-/m0/s1. The predicted molar refractivity (Wildman–Crippen MR) is 110 cm³/mol. The molecule has 160 valence electrons. The van der Waals surface area contributed by atoms with E-state index in [-0.39, 0.29) is 11.9 Å². The molecule has 0 unspecified atom stereocenters. The molecule has 1 saturated carbocycles. The van der Waals surface area contributed by atoms with Gasteiger partial charge in [0.2, 0.25) is 5.91 Å². The topological polar surface area (TPSA) is 90.6 Å². The van der Waals surface area contributed by atoms with Crippen molar-refractivity contribution in [2.45, 2.75) is 82.9 Å². The Morgan fingerprint density at radius 2 is 1.86 bits per heavy atom. The van der Waals surface area contributed by atoms with Crippen molar-refractivity contribution >= 4 is 17.8 Å². The number of nitrogens with one attached hydrogen (secondary N) is 2. The van der Waals surface area contributed by atoms with E-state index in [1.807, 2.05) is 20.8 Å². The lowest BCUT2D eigenvalue weighted by atomic mass is 10.0. The number of H-pyrrole nitrogens is 1. The number of aromatic nitrogens is 2. The monoisotopic (exact) mass is 403 g/mol. The zero-order valence-electron chi connectivity index (χ0n) is 17.7. The van der Waals surface area contributed by atoms with Gasteiger partial charge in [-0.3, -0.25) is 14.8 Å². The largest absolute Gasteiger partial charge is 0.444 e. The van der Waals surface area contributed by atoms with Crippen LogP contribution in [0.2, 0.25) is 0 Å². The van der Waals surface area contributed by atoms with Crippen molar-refractivity contribution in [1.29, 1.82) is 0 Å². The predicted octanol–water partition coefficient (Wildman–Crippen LogP) is 2.77. The second kappa shape index (κ2) is 7.88. The number of piperidine rings is 1. The van der Waals surface area contributed by atoms with Crippen LogP contribution in [0.15, 0.2) is 6.07 Å². The molecule has 8 heteroatoms. The minimum Gasteiger partial charge on any atom is -0.444 e. The molecule has 1 aliphatic carbocycles. The van der Waals surface area contributed by atoms with Gasteiger partial charge in [0.05, 0.1) is 0 Å². The number of hydrogen-bond donors (Lipinski definition) is 2. The summed E-state index contributed by atoms with van der Waals surface area (Å²) >= 11 is 0. The van der Waals surface area contributed by atoms with Crippen molar-refractivity contribution in [2.24, 2.45) is 0 Å². The van der Waals surface area contributed by atoms with E-state index in [4.69, 9.17) is 4.74 Å². The molecule has 3 fully saturated rings. The number of nitrogens with zero attached hydrogens (tertiary/aromatic N) is 3. The van der Waals surface area contributed by atoms with Crippen LogP contribution in [0.4, 0.5) is 10.6 Å². The van der Waals surface area contributed by atoms with Gasteiger partial charge in [-0.1, -0.05) is 0 Å². The lowest BCUT2D eigenvalue weighted by molar-refractivity contribution is -0.126. The van der Waals surface area contributed by atoms with E-state index in [1.54, 1.807) is 4.90 Å². The van der Waals surface area contributed by atoms with Crippen molar-refractivity contribution in [3.63, 3.8) is 0 Å². The smallest absolute Gasteiger partial charge is 0.410 e. The van der Waals surface area contributed by atoms with Crippen LogP contribution in [0.5, 0.6) is 0 Å². The Labute approximate surface area is 172 Å². The van der Waals surface area contributed by atoms with Gasteiger partial charge in [0, 0.05) is 43.4 Å². The number of rotatable bonds is 4. The average molecular weight is 404 g/mol. The van der Waals surface area contributed by atoms with Gasteiger partial charge in [-0.05, 0) is 59.3 Å². The molecule has 29 heavy (non-hydrogen) atoms. The Kier molecular flexibility index (Phi) is 5.44.